The molecule has 114 valence electrons. The number of halogens is 1. The first-order valence-corrected chi connectivity index (χ1v) is 7.42. The minimum absolute atomic E-state index is 0.0461. The quantitative estimate of drug-likeness (QED) is 0.756. The van der Waals surface area contributed by atoms with E-state index in [4.69, 9.17) is 11.6 Å². The Labute approximate surface area is 132 Å². The number of nitrogens with zero attached hydrogens (tertiary/aromatic N) is 4. The summed E-state index contributed by atoms with van der Waals surface area (Å²) in [4.78, 5) is 8.56. The third kappa shape index (κ3) is 2.75. The van der Waals surface area contributed by atoms with Gasteiger partial charge in [-0.25, -0.2) is 14.6 Å². The molecule has 6 nitrogen and oxygen atoms in total. The topological polar surface area (TPSA) is 75.9 Å². The van der Waals surface area contributed by atoms with E-state index in [-0.39, 0.29) is 12.6 Å². The Balaban J connectivity index is 2.05. The lowest BCUT2D eigenvalue weighted by Crippen LogP contribution is -2.23. The highest BCUT2D eigenvalue weighted by molar-refractivity contribution is 6.30. The second-order valence-corrected chi connectivity index (χ2v) is 5.36. The smallest absolute Gasteiger partial charge is 0.168 e. The number of aliphatic hydroxyl groups excluding tert-OH is 1. The summed E-state index contributed by atoms with van der Waals surface area (Å²) in [6, 6.07) is 7.37. The lowest BCUT2D eigenvalue weighted by atomic mass is 10.2. The van der Waals surface area contributed by atoms with Crippen LogP contribution in [0.15, 0.2) is 36.8 Å². The molecule has 0 saturated carbocycles. The fraction of sp³-hybridized carbons (Fsp3) is 0.267. The number of rotatable bonds is 5. The summed E-state index contributed by atoms with van der Waals surface area (Å²) in [7, 11) is 0. The molecule has 2 heterocycles. The predicted molar refractivity (Wildman–Crippen MR) is 86.5 cm³/mol. The van der Waals surface area contributed by atoms with Gasteiger partial charge in [0.15, 0.2) is 5.65 Å². The van der Waals surface area contributed by atoms with E-state index in [1.807, 2.05) is 31.2 Å². The largest absolute Gasteiger partial charge is 0.394 e. The number of hydrogen-bond acceptors (Lipinski definition) is 5. The van der Waals surface area contributed by atoms with E-state index in [9.17, 15) is 5.11 Å². The van der Waals surface area contributed by atoms with Crippen LogP contribution < -0.4 is 5.32 Å². The Morgan fingerprint density at radius 1 is 1.36 bits per heavy atom. The Morgan fingerprint density at radius 2 is 2.23 bits per heavy atom. The van der Waals surface area contributed by atoms with E-state index in [1.54, 1.807) is 10.9 Å². The zero-order valence-corrected chi connectivity index (χ0v) is 12.8. The van der Waals surface area contributed by atoms with Crippen LogP contribution >= 0.6 is 11.6 Å². The maximum atomic E-state index is 9.33. The van der Waals surface area contributed by atoms with Gasteiger partial charge in [-0.05, 0) is 24.6 Å². The predicted octanol–water partition coefficient (Wildman–Crippen LogP) is 2.65. The van der Waals surface area contributed by atoms with Crippen LogP contribution in [0.4, 0.5) is 5.82 Å². The molecule has 22 heavy (non-hydrogen) atoms. The highest BCUT2D eigenvalue weighted by Gasteiger charge is 2.13. The van der Waals surface area contributed by atoms with E-state index < -0.39 is 0 Å². The highest BCUT2D eigenvalue weighted by Crippen LogP contribution is 2.23. The van der Waals surface area contributed by atoms with Crippen LogP contribution in [-0.2, 0) is 0 Å². The lowest BCUT2D eigenvalue weighted by molar-refractivity contribution is 0.271. The van der Waals surface area contributed by atoms with Crippen LogP contribution in [0.5, 0.6) is 0 Å². The summed E-state index contributed by atoms with van der Waals surface area (Å²) in [6.07, 6.45) is 3.99. The van der Waals surface area contributed by atoms with Gasteiger partial charge in [-0.3, -0.25) is 0 Å². The van der Waals surface area contributed by atoms with Gasteiger partial charge in [-0.1, -0.05) is 24.6 Å². The standard InChI is InChI=1S/C15H16ClN5O/c1-2-11(8-22)20-14-13-7-19-21(15(13)18-9-17-14)12-5-3-4-10(16)6-12/h3-7,9,11,22H,2,8H2,1H3,(H,17,18,20)/t11-/m0/s1. The zero-order valence-electron chi connectivity index (χ0n) is 12.1. The van der Waals surface area contributed by atoms with Crippen molar-refractivity contribution in [3.05, 3.63) is 41.8 Å². The molecule has 1 aromatic carbocycles. The summed E-state index contributed by atoms with van der Waals surface area (Å²) < 4.78 is 1.72. The fourth-order valence-corrected chi connectivity index (χ4v) is 2.41. The molecule has 3 aromatic rings. The van der Waals surface area contributed by atoms with Gasteiger partial charge in [0, 0.05) is 5.02 Å². The van der Waals surface area contributed by atoms with Crippen molar-refractivity contribution in [2.75, 3.05) is 11.9 Å². The number of benzene rings is 1. The summed E-state index contributed by atoms with van der Waals surface area (Å²) in [5, 5.41) is 18.4. The van der Waals surface area contributed by atoms with E-state index in [2.05, 4.69) is 20.4 Å². The van der Waals surface area contributed by atoms with Gasteiger partial charge in [0.1, 0.15) is 12.1 Å². The second kappa shape index (κ2) is 6.29. The third-order valence-electron chi connectivity index (χ3n) is 3.47. The Bertz CT molecular complexity index is 784. The van der Waals surface area contributed by atoms with E-state index in [0.29, 0.717) is 16.5 Å². The number of hydrogen-bond donors (Lipinski definition) is 2. The molecule has 0 aliphatic heterocycles. The molecule has 2 N–H and O–H groups in total. The second-order valence-electron chi connectivity index (χ2n) is 4.93. The number of fused-ring (bicyclic) bond motifs is 1. The van der Waals surface area contributed by atoms with Crippen molar-refractivity contribution in [2.24, 2.45) is 0 Å². The maximum Gasteiger partial charge on any atom is 0.168 e. The van der Waals surface area contributed by atoms with Crippen LogP contribution in [0.2, 0.25) is 5.02 Å². The average molecular weight is 318 g/mol. The van der Waals surface area contributed by atoms with Crippen molar-refractivity contribution < 1.29 is 5.11 Å². The normalized spacial score (nSPS) is 12.5. The molecule has 0 radical (unpaired) electrons. The van der Waals surface area contributed by atoms with Crippen molar-refractivity contribution in [1.29, 1.82) is 0 Å². The van der Waals surface area contributed by atoms with Crippen molar-refractivity contribution in [2.45, 2.75) is 19.4 Å². The summed E-state index contributed by atoms with van der Waals surface area (Å²) in [5.74, 6) is 0.666. The summed E-state index contributed by atoms with van der Waals surface area (Å²) >= 11 is 6.04. The SMILES string of the molecule is CC[C@@H](CO)Nc1ncnc2c1cnn2-c1cccc(Cl)c1. The van der Waals surface area contributed by atoms with Crippen LogP contribution in [0.25, 0.3) is 16.7 Å². The van der Waals surface area contributed by atoms with Gasteiger partial charge in [0.05, 0.1) is 29.9 Å². The molecule has 0 unspecified atom stereocenters. The number of aromatic nitrogens is 4. The monoisotopic (exact) mass is 317 g/mol. The average Bonchev–Trinajstić information content (AvgIpc) is 2.97. The first kappa shape index (κ1) is 14.7. The molecule has 0 amide bonds. The Kier molecular flexibility index (Phi) is 4.22. The van der Waals surface area contributed by atoms with Gasteiger partial charge in [-0.2, -0.15) is 5.10 Å². The Hall–Kier alpha value is -2.18. The molecule has 3 rings (SSSR count). The summed E-state index contributed by atoms with van der Waals surface area (Å²) in [5.41, 5.74) is 1.52. The van der Waals surface area contributed by atoms with Gasteiger partial charge in [0.25, 0.3) is 0 Å². The van der Waals surface area contributed by atoms with Crippen LogP contribution in [0.3, 0.4) is 0 Å². The fourth-order valence-electron chi connectivity index (χ4n) is 2.23. The Morgan fingerprint density at radius 3 is 2.95 bits per heavy atom. The van der Waals surface area contributed by atoms with Crippen LogP contribution in [0.1, 0.15) is 13.3 Å². The van der Waals surface area contributed by atoms with Crippen molar-refractivity contribution in [3.63, 3.8) is 0 Å². The van der Waals surface area contributed by atoms with E-state index in [1.165, 1.54) is 6.33 Å². The van der Waals surface area contributed by atoms with Crippen LogP contribution in [0, 0.1) is 0 Å². The van der Waals surface area contributed by atoms with Gasteiger partial charge < -0.3 is 10.4 Å². The molecule has 7 heteroatoms. The molecule has 0 fully saturated rings. The minimum atomic E-state index is -0.0485. The van der Waals surface area contributed by atoms with Crippen molar-refractivity contribution in [1.82, 2.24) is 19.7 Å². The van der Waals surface area contributed by atoms with Crippen molar-refractivity contribution >= 4 is 28.5 Å². The number of aliphatic hydroxyl groups is 1. The highest BCUT2D eigenvalue weighted by atomic mass is 35.5. The molecule has 0 spiro atoms. The molecule has 0 aliphatic rings. The number of nitrogens with one attached hydrogen (secondary N) is 1. The molecule has 0 bridgehead atoms. The van der Waals surface area contributed by atoms with Crippen molar-refractivity contribution in [3.8, 4) is 5.69 Å². The molecule has 2 aromatic heterocycles. The minimum Gasteiger partial charge on any atom is -0.394 e. The molecule has 0 aliphatic carbocycles. The molecule has 0 saturated heterocycles. The van der Waals surface area contributed by atoms with Gasteiger partial charge in [0.2, 0.25) is 0 Å². The first-order valence-electron chi connectivity index (χ1n) is 7.05. The maximum absolute atomic E-state index is 9.33. The third-order valence-corrected chi connectivity index (χ3v) is 3.71. The van der Waals surface area contributed by atoms with Gasteiger partial charge in [-0.15, -0.1) is 0 Å². The summed E-state index contributed by atoms with van der Waals surface area (Å²) in [6.45, 7) is 2.05. The van der Waals surface area contributed by atoms with E-state index >= 15 is 0 Å². The zero-order chi connectivity index (χ0) is 15.5. The van der Waals surface area contributed by atoms with Gasteiger partial charge >= 0.3 is 0 Å². The molecular formula is C15H16ClN5O. The molecular weight excluding hydrogens is 302 g/mol. The van der Waals surface area contributed by atoms with E-state index in [0.717, 1.165) is 17.5 Å². The lowest BCUT2D eigenvalue weighted by Gasteiger charge is -2.14. The number of anilines is 1. The van der Waals surface area contributed by atoms with Crippen LogP contribution in [-0.4, -0.2) is 37.5 Å². The first-order chi connectivity index (χ1) is 10.7. The molecule has 1 atom stereocenters.